The average molecular weight is 340 g/mol. The summed E-state index contributed by atoms with van der Waals surface area (Å²) in [5.74, 6) is 0.0576. The van der Waals surface area contributed by atoms with Crippen LogP contribution < -0.4 is 5.32 Å². The molecule has 0 aliphatic rings. The molecule has 0 saturated heterocycles. The summed E-state index contributed by atoms with van der Waals surface area (Å²) < 4.78 is 24.9. The zero-order chi connectivity index (χ0) is 17.6. The first-order valence-corrected chi connectivity index (χ1v) is 9.83. The highest BCUT2D eigenvalue weighted by molar-refractivity contribution is 7.88. The fraction of sp³-hybridized carbons (Fsp3) is 0.588. The van der Waals surface area contributed by atoms with Gasteiger partial charge in [0.2, 0.25) is 15.9 Å². The SMILES string of the molecule is CCc1cccc(C)c1NC(=O)CCN(CC(C)C)S(C)(=O)=O. The van der Waals surface area contributed by atoms with E-state index >= 15 is 0 Å². The van der Waals surface area contributed by atoms with Gasteiger partial charge in [0.25, 0.3) is 0 Å². The number of benzene rings is 1. The van der Waals surface area contributed by atoms with E-state index in [1.807, 2.05) is 45.9 Å². The molecule has 1 aromatic rings. The molecule has 0 fully saturated rings. The largest absolute Gasteiger partial charge is 0.326 e. The zero-order valence-corrected chi connectivity index (χ0v) is 15.5. The maximum atomic E-state index is 12.2. The molecule has 1 aromatic carbocycles. The summed E-state index contributed by atoms with van der Waals surface area (Å²) in [7, 11) is -3.30. The number of nitrogens with zero attached hydrogens (tertiary/aromatic N) is 1. The molecule has 0 unspecified atom stereocenters. The fourth-order valence-electron chi connectivity index (χ4n) is 2.43. The molecule has 5 nitrogen and oxygen atoms in total. The van der Waals surface area contributed by atoms with Gasteiger partial charge in [-0.25, -0.2) is 12.7 Å². The first-order chi connectivity index (χ1) is 10.6. The predicted octanol–water partition coefficient (Wildman–Crippen LogP) is 2.80. The number of carbonyl (C=O) groups excluding carboxylic acids is 1. The van der Waals surface area contributed by atoms with Crippen LogP contribution in [0.5, 0.6) is 0 Å². The molecule has 0 saturated carbocycles. The second kappa shape index (κ2) is 8.45. The Balaban J connectivity index is 2.73. The van der Waals surface area contributed by atoms with E-state index in [0.717, 1.165) is 23.2 Å². The molecule has 23 heavy (non-hydrogen) atoms. The van der Waals surface area contributed by atoms with E-state index in [9.17, 15) is 13.2 Å². The van der Waals surface area contributed by atoms with Crippen LogP contribution in [-0.2, 0) is 21.2 Å². The maximum Gasteiger partial charge on any atom is 0.225 e. The third kappa shape index (κ3) is 6.31. The molecule has 6 heteroatoms. The van der Waals surface area contributed by atoms with Crippen molar-refractivity contribution in [3.05, 3.63) is 29.3 Å². The van der Waals surface area contributed by atoms with Gasteiger partial charge in [0, 0.05) is 25.2 Å². The highest BCUT2D eigenvalue weighted by atomic mass is 32.2. The average Bonchev–Trinajstić information content (AvgIpc) is 2.44. The van der Waals surface area contributed by atoms with Gasteiger partial charge in [0.15, 0.2) is 0 Å². The lowest BCUT2D eigenvalue weighted by Gasteiger charge is -2.22. The number of nitrogens with one attached hydrogen (secondary N) is 1. The molecule has 0 spiro atoms. The number of anilines is 1. The topological polar surface area (TPSA) is 66.5 Å². The molecular weight excluding hydrogens is 312 g/mol. The van der Waals surface area contributed by atoms with Crippen LogP contribution in [0, 0.1) is 12.8 Å². The molecule has 0 aromatic heterocycles. The maximum absolute atomic E-state index is 12.2. The van der Waals surface area contributed by atoms with Gasteiger partial charge >= 0.3 is 0 Å². The van der Waals surface area contributed by atoms with E-state index in [2.05, 4.69) is 5.32 Å². The molecular formula is C17H28N2O3S. The van der Waals surface area contributed by atoms with Gasteiger partial charge < -0.3 is 5.32 Å². The van der Waals surface area contributed by atoms with Crippen molar-refractivity contribution < 1.29 is 13.2 Å². The van der Waals surface area contributed by atoms with Crippen LogP contribution in [0.3, 0.4) is 0 Å². The van der Waals surface area contributed by atoms with Gasteiger partial charge in [0.05, 0.1) is 6.26 Å². The fourth-order valence-corrected chi connectivity index (χ4v) is 3.42. The van der Waals surface area contributed by atoms with Crippen LogP contribution in [-0.4, -0.2) is 38.0 Å². The number of rotatable bonds is 8. The van der Waals surface area contributed by atoms with E-state index in [0.29, 0.717) is 6.54 Å². The number of sulfonamides is 1. The highest BCUT2D eigenvalue weighted by Gasteiger charge is 2.19. The Bertz CT molecular complexity index is 639. The standard InChI is InChI=1S/C17H28N2O3S/c1-6-15-9-7-8-14(4)17(15)18-16(20)10-11-19(12-13(2)3)23(5,21)22/h7-9,13H,6,10-12H2,1-5H3,(H,18,20). The molecule has 0 aliphatic heterocycles. The number of hydrogen-bond donors (Lipinski definition) is 1. The number of amides is 1. The minimum atomic E-state index is -3.30. The van der Waals surface area contributed by atoms with E-state index in [-0.39, 0.29) is 24.8 Å². The lowest BCUT2D eigenvalue weighted by molar-refractivity contribution is -0.116. The molecule has 0 bridgehead atoms. The quantitative estimate of drug-likeness (QED) is 0.791. The summed E-state index contributed by atoms with van der Waals surface area (Å²) in [5.41, 5.74) is 2.94. The van der Waals surface area contributed by atoms with Crippen LogP contribution in [0.25, 0.3) is 0 Å². The van der Waals surface area contributed by atoms with Crippen LogP contribution in [0.4, 0.5) is 5.69 Å². The number of para-hydroxylation sites is 1. The third-order valence-corrected chi connectivity index (χ3v) is 4.90. The second-order valence-electron chi connectivity index (χ2n) is 6.28. The van der Waals surface area contributed by atoms with Crippen molar-refractivity contribution in [1.29, 1.82) is 0 Å². The number of hydrogen-bond acceptors (Lipinski definition) is 3. The molecule has 0 atom stereocenters. The molecule has 1 amide bonds. The summed E-state index contributed by atoms with van der Waals surface area (Å²) >= 11 is 0. The molecule has 0 heterocycles. The van der Waals surface area contributed by atoms with Gasteiger partial charge in [-0.3, -0.25) is 4.79 Å². The highest BCUT2D eigenvalue weighted by Crippen LogP contribution is 2.21. The van der Waals surface area contributed by atoms with Crippen LogP contribution in [0.2, 0.25) is 0 Å². The minimum absolute atomic E-state index is 0.150. The Morgan fingerprint density at radius 2 is 1.96 bits per heavy atom. The number of carbonyl (C=O) groups is 1. The first-order valence-electron chi connectivity index (χ1n) is 7.98. The predicted molar refractivity (Wildman–Crippen MR) is 95.1 cm³/mol. The monoisotopic (exact) mass is 340 g/mol. The molecule has 0 aliphatic carbocycles. The van der Waals surface area contributed by atoms with Crippen molar-refractivity contribution in [2.24, 2.45) is 5.92 Å². The Morgan fingerprint density at radius 3 is 2.48 bits per heavy atom. The summed E-state index contributed by atoms with van der Waals surface area (Å²) in [6.07, 6.45) is 2.17. The van der Waals surface area contributed by atoms with Gasteiger partial charge in [-0.1, -0.05) is 39.0 Å². The van der Waals surface area contributed by atoms with E-state index in [1.54, 1.807) is 0 Å². The zero-order valence-electron chi connectivity index (χ0n) is 14.7. The summed E-state index contributed by atoms with van der Waals surface area (Å²) in [4.78, 5) is 12.2. The van der Waals surface area contributed by atoms with Crippen molar-refractivity contribution in [2.75, 3.05) is 24.7 Å². The lowest BCUT2D eigenvalue weighted by Crippen LogP contribution is -2.35. The summed E-state index contributed by atoms with van der Waals surface area (Å²) in [6.45, 7) is 8.54. The number of aryl methyl sites for hydroxylation is 2. The van der Waals surface area contributed by atoms with Crippen molar-refractivity contribution in [3.8, 4) is 0 Å². The Labute approximate surface area is 140 Å². The smallest absolute Gasteiger partial charge is 0.225 e. The van der Waals surface area contributed by atoms with Crippen molar-refractivity contribution in [1.82, 2.24) is 4.31 Å². The van der Waals surface area contributed by atoms with E-state index in [4.69, 9.17) is 0 Å². The Hall–Kier alpha value is -1.40. The summed E-state index contributed by atoms with van der Waals surface area (Å²) in [5, 5.41) is 2.93. The minimum Gasteiger partial charge on any atom is -0.326 e. The Morgan fingerprint density at radius 1 is 1.30 bits per heavy atom. The van der Waals surface area contributed by atoms with Gasteiger partial charge in [-0.2, -0.15) is 0 Å². The Kier molecular flexibility index (Phi) is 7.22. The van der Waals surface area contributed by atoms with Crippen LogP contribution in [0.15, 0.2) is 18.2 Å². The van der Waals surface area contributed by atoms with Gasteiger partial charge in [-0.15, -0.1) is 0 Å². The van der Waals surface area contributed by atoms with E-state index < -0.39 is 10.0 Å². The van der Waals surface area contributed by atoms with Crippen LogP contribution in [0.1, 0.15) is 38.3 Å². The second-order valence-corrected chi connectivity index (χ2v) is 8.26. The molecule has 1 rings (SSSR count). The van der Waals surface area contributed by atoms with Crippen molar-refractivity contribution in [2.45, 2.75) is 40.5 Å². The normalized spacial score (nSPS) is 12.0. The molecule has 1 N–H and O–H groups in total. The summed E-state index contributed by atoms with van der Waals surface area (Å²) in [6, 6.07) is 5.92. The molecule has 130 valence electrons. The van der Waals surface area contributed by atoms with Gasteiger partial charge in [-0.05, 0) is 30.4 Å². The van der Waals surface area contributed by atoms with Crippen molar-refractivity contribution in [3.63, 3.8) is 0 Å². The van der Waals surface area contributed by atoms with Crippen LogP contribution >= 0.6 is 0 Å². The lowest BCUT2D eigenvalue weighted by atomic mass is 10.1. The first kappa shape index (κ1) is 19.6. The van der Waals surface area contributed by atoms with Crippen molar-refractivity contribution >= 4 is 21.6 Å². The molecule has 0 radical (unpaired) electrons. The third-order valence-electron chi connectivity index (χ3n) is 3.63. The van der Waals surface area contributed by atoms with Gasteiger partial charge in [0.1, 0.15) is 0 Å². The van der Waals surface area contributed by atoms with E-state index in [1.165, 1.54) is 10.6 Å².